The van der Waals surface area contributed by atoms with Crippen LogP contribution in [-0.2, 0) is 11.3 Å². The van der Waals surface area contributed by atoms with E-state index in [0.29, 0.717) is 31.4 Å². The van der Waals surface area contributed by atoms with Crippen molar-refractivity contribution in [2.45, 2.75) is 12.6 Å². The average Bonchev–Trinajstić information content (AvgIpc) is 2.88. The van der Waals surface area contributed by atoms with Gasteiger partial charge in [-0.25, -0.2) is 0 Å². The highest BCUT2D eigenvalue weighted by Crippen LogP contribution is 2.14. The van der Waals surface area contributed by atoms with Crippen molar-refractivity contribution < 1.29 is 14.4 Å². The molecule has 7 heteroatoms. The third-order valence-corrected chi connectivity index (χ3v) is 2.67. The molecule has 0 radical (unpaired) electrons. The highest BCUT2D eigenvalue weighted by Gasteiger charge is 2.13. The molecule has 7 nitrogen and oxygen atoms in total. The lowest BCUT2D eigenvalue weighted by Gasteiger charge is -2.17. The number of pyridine rings is 1. The molecule has 0 saturated heterocycles. The van der Waals surface area contributed by atoms with Crippen LogP contribution in [0.3, 0.4) is 0 Å². The van der Waals surface area contributed by atoms with Crippen LogP contribution in [0.15, 0.2) is 29.0 Å². The molecule has 2 heterocycles. The zero-order valence-electron chi connectivity index (χ0n) is 11.6. The number of nitrogens with zero attached hydrogens (tertiary/aromatic N) is 4. The lowest BCUT2D eigenvalue weighted by molar-refractivity contribution is 0.0400. The molecule has 2 aromatic rings. The summed E-state index contributed by atoms with van der Waals surface area (Å²) in [7, 11) is 3.42. The summed E-state index contributed by atoms with van der Waals surface area (Å²) in [6.07, 6.45) is 2.83. The molecule has 1 unspecified atom stereocenters. The second-order valence-electron chi connectivity index (χ2n) is 4.56. The molecule has 0 saturated carbocycles. The number of aromatic nitrogens is 3. The van der Waals surface area contributed by atoms with Gasteiger partial charge in [0.15, 0.2) is 0 Å². The monoisotopic (exact) mass is 278 g/mol. The van der Waals surface area contributed by atoms with Gasteiger partial charge in [-0.2, -0.15) is 4.98 Å². The molecule has 1 N–H and O–H groups in total. The van der Waals surface area contributed by atoms with E-state index in [-0.39, 0.29) is 0 Å². The predicted molar refractivity (Wildman–Crippen MR) is 71.7 cm³/mol. The zero-order chi connectivity index (χ0) is 14.4. The van der Waals surface area contributed by atoms with Crippen LogP contribution in [0.4, 0.5) is 0 Å². The standard InChI is InChI=1S/C13H18N4O3/c1-17(7-11(18)9-19-2)8-12-15-13(16-20-12)10-4-3-5-14-6-10/h3-6,11,18H,7-9H2,1-2H3. The maximum Gasteiger partial charge on any atom is 0.241 e. The van der Waals surface area contributed by atoms with E-state index >= 15 is 0 Å². The lowest BCUT2D eigenvalue weighted by Crippen LogP contribution is -2.31. The van der Waals surface area contributed by atoms with Crippen LogP contribution in [0.25, 0.3) is 11.4 Å². The van der Waals surface area contributed by atoms with Crippen molar-refractivity contribution in [3.8, 4) is 11.4 Å². The van der Waals surface area contributed by atoms with Crippen molar-refractivity contribution in [1.82, 2.24) is 20.0 Å². The summed E-state index contributed by atoms with van der Waals surface area (Å²) in [6, 6.07) is 3.69. The van der Waals surface area contributed by atoms with Gasteiger partial charge in [-0.05, 0) is 19.2 Å². The molecule has 0 fully saturated rings. The zero-order valence-corrected chi connectivity index (χ0v) is 11.6. The first-order chi connectivity index (χ1) is 9.69. The number of rotatable bonds is 7. The van der Waals surface area contributed by atoms with Crippen molar-refractivity contribution in [3.63, 3.8) is 0 Å². The van der Waals surface area contributed by atoms with Gasteiger partial charge < -0.3 is 14.4 Å². The number of hydrogen-bond donors (Lipinski definition) is 1. The second-order valence-corrected chi connectivity index (χ2v) is 4.56. The van der Waals surface area contributed by atoms with Crippen LogP contribution in [0.1, 0.15) is 5.89 Å². The molecule has 0 amide bonds. The van der Waals surface area contributed by atoms with Crippen LogP contribution >= 0.6 is 0 Å². The molecule has 0 aliphatic heterocycles. The largest absolute Gasteiger partial charge is 0.389 e. The molecule has 0 aliphatic rings. The summed E-state index contributed by atoms with van der Waals surface area (Å²) in [5.41, 5.74) is 0.810. The molecular weight excluding hydrogens is 260 g/mol. The van der Waals surface area contributed by atoms with Gasteiger partial charge in [0.25, 0.3) is 0 Å². The molecule has 20 heavy (non-hydrogen) atoms. The van der Waals surface area contributed by atoms with E-state index in [1.54, 1.807) is 19.5 Å². The molecule has 0 aromatic carbocycles. The smallest absolute Gasteiger partial charge is 0.241 e. The summed E-state index contributed by atoms with van der Waals surface area (Å²) in [5, 5.41) is 13.6. The summed E-state index contributed by atoms with van der Waals surface area (Å²) in [5.74, 6) is 1.01. The van der Waals surface area contributed by atoms with Crippen LogP contribution < -0.4 is 0 Å². The number of ether oxygens (including phenoxy) is 1. The predicted octanol–water partition coefficient (Wildman–Crippen LogP) is 0.571. The van der Waals surface area contributed by atoms with Gasteiger partial charge in [-0.15, -0.1) is 0 Å². The van der Waals surface area contributed by atoms with Crippen LogP contribution in [0, 0.1) is 0 Å². The van der Waals surface area contributed by atoms with Gasteiger partial charge >= 0.3 is 0 Å². The Morgan fingerprint density at radius 1 is 1.50 bits per heavy atom. The van der Waals surface area contributed by atoms with Gasteiger partial charge in [-0.1, -0.05) is 5.16 Å². The van der Waals surface area contributed by atoms with Crippen LogP contribution in [-0.4, -0.2) is 58.5 Å². The Morgan fingerprint density at radius 3 is 3.05 bits per heavy atom. The number of likely N-dealkylation sites (N-methyl/N-ethyl adjacent to an activating group) is 1. The van der Waals surface area contributed by atoms with E-state index in [0.717, 1.165) is 5.56 Å². The first kappa shape index (κ1) is 14.6. The van der Waals surface area contributed by atoms with Crippen molar-refractivity contribution in [2.24, 2.45) is 0 Å². The lowest BCUT2D eigenvalue weighted by atomic mass is 10.3. The molecule has 0 bridgehead atoms. The van der Waals surface area contributed by atoms with Gasteiger partial charge in [0, 0.05) is 31.6 Å². The van der Waals surface area contributed by atoms with Crippen molar-refractivity contribution >= 4 is 0 Å². The first-order valence-corrected chi connectivity index (χ1v) is 6.27. The topological polar surface area (TPSA) is 84.5 Å². The summed E-state index contributed by atoms with van der Waals surface area (Å²) >= 11 is 0. The van der Waals surface area contributed by atoms with E-state index in [1.165, 1.54) is 0 Å². The minimum atomic E-state index is -0.536. The quantitative estimate of drug-likeness (QED) is 0.792. The minimum Gasteiger partial charge on any atom is -0.389 e. The number of hydrogen-bond acceptors (Lipinski definition) is 7. The van der Waals surface area contributed by atoms with Crippen molar-refractivity contribution in [3.05, 3.63) is 30.4 Å². The Balaban J connectivity index is 1.93. The third-order valence-electron chi connectivity index (χ3n) is 2.67. The highest BCUT2D eigenvalue weighted by molar-refractivity contribution is 5.51. The normalized spacial score (nSPS) is 12.8. The summed E-state index contributed by atoms with van der Waals surface area (Å²) < 4.78 is 10.1. The Bertz CT molecular complexity index is 517. The molecule has 108 valence electrons. The van der Waals surface area contributed by atoms with E-state index in [9.17, 15) is 5.11 Å². The maximum absolute atomic E-state index is 9.64. The van der Waals surface area contributed by atoms with Gasteiger partial charge in [0.2, 0.25) is 11.7 Å². The van der Waals surface area contributed by atoms with Gasteiger partial charge in [0.1, 0.15) is 0 Å². The Hall–Kier alpha value is -1.83. The van der Waals surface area contributed by atoms with E-state index in [4.69, 9.17) is 9.26 Å². The van der Waals surface area contributed by atoms with E-state index in [2.05, 4.69) is 15.1 Å². The third kappa shape index (κ3) is 4.09. The molecule has 2 aromatic heterocycles. The number of methoxy groups -OCH3 is 1. The Kier molecular flexibility index (Phi) is 5.16. The fourth-order valence-electron chi connectivity index (χ4n) is 1.83. The first-order valence-electron chi connectivity index (χ1n) is 6.27. The SMILES string of the molecule is COCC(O)CN(C)Cc1nc(-c2cccnc2)no1. The molecule has 0 spiro atoms. The molecule has 2 rings (SSSR count). The number of aliphatic hydroxyl groups is 1. The van der Waals surface area contributed by atoms with Gasteiger partial charge in [0.05, 0.1) is 19.3 Å². The minimum absolute atomic E-state index is 0.301. The van der Waals surface area contributed by atoms with Gasteiger partial charge in [-0.3, -0.25) is 9.88 Å². The fourth-order valence-corrected chi connectivity index (χ4v) is 1.83. The molecule has 1 atom stereocenters. The van der Waals surface area contributed by atoms with Crippen molar-refractivity contribution in [1.29, 1.82) is 0 Å². The summed E-state index contributed by atoms with van der Waals surface area (Å²) in [4.78, 5) is 10.2. The molecular formula is C13H18N4O3. The average molecular weight is 278 g/mol. The molecule has 0 aliphatic carbocycles. The second kappa shape index (κ2) is 7.09. The maximum atomic E-state index is 9.64. The fraction of sp³-hybridized carbons (Fsp3) is 0.462. The Labute approximate surface area is 117 Å². The van der Waals surface area contributed by atoms with Crippen molar-refractivity contribution in [2.75, 3.05) is 27.3 Å². The van der Waals surface area contributed by atoms with Crippen LogP contribution in [0.5, 0.6) is 0 Å². The highest BCUT2D eigenvalue weighted by atomic mass is 16.5. The number of aliphatic hydroxyl groups excluding tert-OH is 1. The Morgan fingerprint density at radius 2 is 2.35 bits per heavy atom. The summed E-state index contributed by atoms with van der Waals surface area (Å²) in [6.45, 7) is 1.24. The van der Waals surface area contributed by atoms with Crippen LogP contribution in [0.2, 0.25) is 0 Å². The van der Waals surface area contributed by atoms with E-state index in [1.807, 2.05) is 24.1 Å². The van der Waals surface area contributed by atoms with E-state index < -0.39 is 6.10 Å².